The Bertz CT molecular complexity index is 285. The van der Waals surface area contributed by atoms with Gasteiger partial charge in [0.1, 0.15) is 0 Å². The normalized spacial score (nSPS) is 10.2. The Labute approximate surface area is 80.8 Å². The minimum absolute atomic E-state index is 0.167. The van der Waals surface area contributed by atoms with E-state index in [2.05, 4.69) is 16.5 Å². The molecule has 0 fully saturated rings. The van der Waals surface area contributed by atoms with Gasteiger partial charge in [0.25, 0.3) is 0 Å². The van der Waals surface area contributed by atoms with Gasteiger partial charge in [-0.05, 0) is 24.4 Å². The van der Waals surface area contributed by atoms with Crippen LogP contribution in [0, 0.1) is 0 Å². The van der Waals surface area contributed by atoms with Gasteiger partial charge in [0.15, 0.2) is 0 Å². The number of aryl methyl sites for hydroxylation is 2. The van der Waals surface area contributed by atoms with E-state index in [1.165, 1.54) is 11.5 Å². The summed E-state index contributed by atoms with van der Waals surface area (Å²) in [4.78, 5) is 11.3. The summed E-state index contributed by atoms with van der Waals surface area (Å²) in [6.45, 7) is 2.07. The van der Waals surface area contributed by atoms with E-state index in [-0.39, 0.29) is 6.42 Å². The number of nitrogens with zero attached hydrogens (tertiary/aromatic N) is 2. The van der Waals surface area contributed by atoms with Crippen molar-refractivity contribution < 1.29 is 9.90 Å². The first-order valence-electron chi connectivity index (χ1n) is 4.26. The lowest BCUT2D eigenvalue weighted by Gasteiger charge is -1.96. The molecular weight excluding hydrogens is 188 g/mol. The van der Waals surface area contributed by atoms with E-state index >= 15 is 0 Å². The van der Waals surface area contributed by atoms with Crippen LogP contribution in [0.5, 0.6) is 0 Å². The first-order valence-corrected chi connectivity index (χ1v) is 5.03. The Morgan fingerprint density at radius 2 is 2.31 bits per heavy atom. The van der Waals surface area contributed by atoms with Crippen LogP contribution in [-0.4, -0.2) is 20.7 Å². The maximum atomic E-state index is 10.3. The summed E-state index contributed by atoms with van der Waals surface area (Å²) in [7, 11) is 0. The van der Waals surface area contributed by atoms with Gasteiger partial charge in [0, 0.05) is 4.88 Å². The number of rotatable bonds is 5. The van der Waals surface area contributed by atoms with Crippen molar-refractivity contribution in [2.45, 2.75) is 32.6 Å². The summed E-state index contributed by atoms with van der Waals surface area (Å²) in [6.07, 6.45) is 2.64. The van der Waals surface area contributed by atoms with Crippen molar-refractivity contribution >= 4 is 17.5 Å². The highest BCUT2D eigenvalue weighted by Crippen LogP contribution is 2.14. The summed E-state index contributed by atoms with van der Waals surface area (Å²) in [5.41, 5.74) is 0.966. The summed E-state index contributed by atoms with van der Waals surface area (Å²) >= 11 is 1.31. The molecule has 1 rings (SSSR count). The molecule has 0 atom stereocenters. The fourth-order valence-corrected chi connectivity index (χ4v) is 1.74. The van der Waals surface area contributed by atoms with Crippen molar-refractivity contribution in [1.29, 1.82) is 0 Å². The second kappa shape index (κ2) is 4.91. The van der Waals surface area contributed by atoms with E-state index in [0.717, 1.165) is 23.4 Å². The molecule has 5 heteroatoms. The largest absolute Gasteiger partial charge is 0.481 e. The highest BCUT2D eigenvalue weighted by Gasteiger charge is 2.08. The Kier molecular flexibility index (Phi) is 3.82. The zero-order valence-corrected chi connectivity index (χ0v) is 8.30. The van der Waals surface area contributed by atoms with E-state index < -0.39 is 5.97 Å². The molecule has 0 aliphatic heterocycles. The quantitative estimate of drug-likeness (QED) is 0.782. The molecule has 4 nitrogen and oxygen atoms in total. The van der Waals surface area contributed by atoms with Gasteiger partial charge in [-0.3, -0.25) is 4.79 Å². The van der Waals surface area contributed by atoms with Crippen molar-refractivity contribution in [2.24, 2.45) is 0 Å². The van der Waals surface area contributed by atoms with Gasteiger partial charge in [-0.2, -0.15) is 0 Å². The standard InChI is InChI=1S/C8H12N2O2S/c1-2-3-6-7(13-10-9-6)4-5-8(11)12/h2-5H2,1H3,(H,11,12). The van der Waals surface area contributed by atoms with Crippen LogP contribution in [0.1, 0.15) is 30.3 Å². The molecule has 0 bridgehead atoms. The number of hydrogen-bond donors (Lipinski definition) is 1. The van der Waals surface area contributed by atoms with Crippen LogP contribution in [0.2, 0.25) is 0 Å². The molecule has 0 saturated heterocycles. The van der Waals surface area contributed by atoms with E-state index in [1.807, 2.05) is 0 Å². The van der Waals surface area contributed by atoms with Crippen LogP contribution >= 0.6 is 11.5 Å². The first kappa shape index (κ1) is 10.1. The van der Waals surface area contributed by atoms with Gasteiger partial charge in [-0.1, -0.05) is 17.8 Å². The summed E-state index contributed by atoms with van der Waals surface area (Å²) < 4.78 is 3.82. The van der Waals surface area contributed by atoms with Gasteiger partial charge >= 0.3 is 5.97 Å². The maximum absolute atomic E-state index is 10.3. The van der Waals surface area contributed by atoms with Crippen molar-refractivity contribution in [2.75, 3.05) is 0 Å². The molecule has 0 aromatic carbocycles. The van der Waals surface area contributed by atoms with E-state index in [4.69, 9.17) is 5.11 Å². The molecular formula is C8H12N2O2S. The highest BCUT2D eigenvalue weighted by atomic mass is 32.1. The Morgan fingerprint density at radius 1 is 1.54 bits per heavy atom. The van der Waals surface area contributed by atoms with E-state index in [1.54, 1.807) is 0 Å². The predicted octanol–water partition coefficient (Wildman–Crippen LogP) is 1.51. The number of carboxylic acids is 1. The highest BCUT2D eigenvalue weighted by molar-refractivity contribution is 7.05. The van der Waals surface area contributed by atoms with E-state index in [0.29, 0.717) is 6.42 Å². The van der Waals surface area contributed by atoms with Gasteiger partial charge in [0.2, 0.25) is 0 Å². The maximum Gasteiger partial charge on any atom is 0.303 e. The molecule has 0 aliphatic carbocycles. The molecule has 0 unspecified atom stereocenters. The van der Waals surface area contributed by atoms with Gasteiger partial charge in [0.05, 0.1) is 12.1 Å². The average Bonchev–Trinajstić information content (AvgIpc) is 2.49. The van der Waals surface area contributed by atoms with Crippen LogP contribution in [-0.2, 0) is 17.6 Å². The molecule has 0 spiro atoms. The molecule has 1 aromatic rings. The predicted molar refractivity (Wildman–Crippen MR) is 49.9 cm³/mol. The van der Waals surface area contributed by atoms with Crippen LogP contribution in [0.4, 0.5) is 0 Å². The first-order chi connectivity index (χ1) is 6.24. The molecule has 1 heterocycles. The fraction of sp³-hybridized carbons (Fsp3) is 0.625. The number of carboxylic acid groups (broad SMARTS) is 1. The molecule has 13 heavy (non-hydrogen) atoms. The number of carbonyl (C=O) groups is 1. The summed E-state index contributed by atoms with van der Waals surface area (Å²) in [6, 6.07) is 0. The van der Waals surface area contributed by atoms with Crippen LogP contribution in [0.25, 0.3) is 0 Å². The third-order valence-electron chi connectivity index (χ3n) is 1.69. The minimum atomic E-state index is -0.768. The second-order valence-electron chi connectivity index (χ2n) is 2.79. The smallest absolute Gasteiger partial charge is 0.303 e. The lowest BCUT2D eigenvalue weighted by atomic mass is 10.2. The molecule has 1 aromatic heterocycles. The lowest BCUT2D eigenvalue weighted by molar-refractivity contribution is -0.136. The van der Waals surface area contributed by atoms with Crippen LogP contribution < -0.4 is 0 Å². The summed E-state index contributed by atoms with van der Waals surface area (Å²) in [5.74, 6) is -0.768. The SMILES string of the molecule is CCCc1nnsc1CCC(=O)O. The minimum Gasteiger partial charge on any atom is -0.481 e. The number of aromatic nitrogens is 2. The van der Waals surface area contributed by atoms with Crippen molar-refractivity contribution in [3.8, 4) is 0 Å². The molecule has 72 valence electrons. The Morgan fingerprint density at radius 3 is 2.92 bits per heavy atom. The zero-order chi connectivity index (χ0) is 9.68. The fourth-order valence-electron chi connectivity index (χ4n) is 1.06. The van der Waals surface area contributed by atoms with E-state index in [9.17, 15) is 4.79 Å². The molecule has 0 saturated carbocycles. The number of aliphatic carboxylic acids is 1. The second-order valence-corrected chi connectivity index (χ2v) is 3.63. The Balaban J connectivity index is 2.54. The van der Waals surface area contributed by atoms with Gasteiger partial charge in [-0.25, -0.2) is 0 Å². The Hall–Kier alpha value is -0.970. The zero-order valence-electron chi connectivity index (χ0n) is 7.49. The summed E-state index contributed by atoms with van der Waals surface area (Å²) in [5, 5.41) is 12.5. The van der Waals surface area contributed by atoms with Crippen molar-refractivity contribution in [1.82, 2.24) is 9.59 Å². The lowest BCUT2D eigenvalue weighted by Crippen LogP contribution is -1.98. The van der Waals surface area contributed by atoms with Crippen LogP contribution in [0.15, 0.2) is 0 Å². The molecule has 0 aliphatic rings. The molecule has 0 radical (unpaired) electrons. The van der Waals surface area contributed by atoms with Crippen molar-refractivity contribution in [3.05, 3.63) is 10.6 Å². The average molecular weight is 200 g/mol. The third kappa shape index (κ3) is 3.10. The van der Waals surface area contributed by atoms with Gasteiger partial charge in [-0.15, -0.1) is 5.10 Å². The van der Waals surface area contributed by atoms with Gasteiger partial charge < -0.3 is 5.11 Å². The molecule has 0 amide bonds. The topological polar surface area (TPSA) is 63.1 Å². The molecule has 1 N–H and O–H groups in total. The van der Waals surface area contributed by atoms with Crippen LogP contribution in [0.3, 0.4) is 0 Å². The number of hydrogen-bond acceptors (Lipinski definition) is 4. The third-order valence-corrected chi connectivity index (χ3v) is 2.51. The monoisotopic (exact) mass is 200 g/mol. The van der Waals surface area contributed by atoms with Crippen molar-refractivity contribution in [3.63, 3.8) is 0 Å².